The van der Waals surface area contributed by atoms with Gasteiger partial charge in [0.05, 0.1) is 39.4 Å². The van der Waals surface area contributed by atoms with Crippen molar-refractivity contribution in [2.45, 2.75) is 24.9 Å². The van der Waals surface area contributed by atoms with E-state index >= 15 is 0 Å². The summed E-state index contributed by atoms with van der Waals surface area (Å²) < 4.78 is 43.9. The van der Waals surface area contributed by atoms with Crippen molar-refractivity contribution in [3.63, 3.8) is 0 Å². The highest BCUT2D eigenvalue weighted by atomic mass is 35.5. The molecule has 1 N–H and O–H groups in total. The lowest BCUT2D eigenvalue weighted by Crippen LogP contribution is -2.33. The van der Waals surface area contributed by atoms with Gasteiger partial charge in [0, 0.05) is 0 Å². The van der Waals surface area contributed by atoms with E-state index < -0.39 is 30.2 Å². The zero-order valence-electron chi connectivity index (χ0n) is 21.9. The van der Waals surface area contributed by atoms with Crippen molar-refractivity contribution < 1.29 is 37.1 Å². The second kappa shape index (κ2) is 10.6. The molecule has 1 aliphatic heterocycles. The summed E-state index contributed by atoms with van der Waals surface area (Å²) in [7, 11) is 0. The van der Waals surface area contributed by atoms with Crippen molar-refractivity contribution in [3.8, 4) is 0 Å². The predicted molar refractivity (Wildman–Crippen MR) is 147 cm³/mol. The Bertz CT molecular complexity index is 1580. The van der Waals surface area contributed by atoms with E-state index in [1.807, 2.05) is 18.2 Å². The minimum absolute atomic E-state index is 0.0622. The van der Waals surface area contributed by atoms with E-state index in [-0.39, 0.29) is 57.7 Å². The van der Waals surface area contributed by atoms with Gasteiger partial charge in [-0.15, -0.1) is 0 Å². The molecular weight excluding hydrogens is 573 g/mol. The van der Waals surface area contributed by atoms with Crippen LogP contribution < -0.4 is 10.2 Å². The smallest absolute Gasteiger partial charge is 0.416 e. The third-order valence-corrected chi connectivity index (χ3v) is 8.84. The van der Waals surface area contributed by atoms with Crippen molar-refractivity contribution in [2.75, 3.05) is 16.8 Å². The van der Waals surface area contributed by atoms with Crippen LogP contribution >= 0.6 is 11.6 Å². The van der Waals surface area contributed by atoms with Crippen LogP contribution in [0.5, 0.6) is 0 Å². The number of amides is 3. The first kappa shape index (κ1) is 28.0. The minimum atomic E-state index is -4.63. The summed E-state index contributed by atoms with van der Waals surface area (Å²) in [6.07, 6.45) is -2.89. The quantitative estimate of drug-likeness (QED) is 0.275. The largest absolute Gasteiger partial charge is 0.452 e. The average Bonchev–Trinajstić information content (AvgIpc) is 3.64. The van der Waals surface area contributed by atoms with Crippen molar-refractivity contribution in [1.29, 1.82) is 0 Å². The van der Waals surface area contributed by atoms with E-state index in [1.165, 1.54) is 34.7 Å². The van der Waals surface area contributed by atoms with Gasteiger partial charge < -0.3 is 10.1 Å². The number of anilines is 2. The zero-order chi connectivity index (χ0) is 29.8. The molecule has 5 atom stereocenters. The van der Waals surface area contributed by atoms with Gasteiger partial charge in [0.1, 0.15) is 0 Å². The monoisotopic (exact) mass is 596 g/mol. The molecule has 3 amide bonds. The van der Waals surface area contributed by atoms with Crippen molar-refractivity contribution in [3.05, 3.63) is 94.5 Å². The fourth-order valence-electron chi connectivity index (χ4n) is 6.74. The van der Waals surface area contributed by atoms with E-state index in [0.29, 0.717) is 11.8 Å². The fraction of sp³-hybridized carbons (Fsp3) is 0.290. The Morgan fingerprint density at radius 3 is 2.31 bits per heavy atom. The number of alkyl halides is 3. The van der Waals surface area contributed by atoms with Crippen molar-refractivity contribution >= 4 is 46.7 Å². The van der Waals surface area contributed by atoms with Crippen molar-refractivity contribution in [1.82, 2.24) is 0 Å². The first-order valence-corrected chi connectivity index (χ1v) is 13.8. The van der Waals surface area contributed by atoms with Gasteiger partial charge in [0.15, 0.2) is 6.61 Å². The number of halogens is 4. The Morgan fingerprint density at radius 2 is 1.62 bits per heavy atom. The summed E-state index contributed by atoms with van der Waals surface area (Å²) in [4.78, 5) is 52.8. The van der Waals surface area contributed by atoms with E-state index in [4.69, 9.17) is 16.3 Å². The highest BCUT2D eigenvalue weighted by molar-refractivity contribution is 6.33. The van der Waals surface area contributed by atoms with Crippen LogP contribution in [0.25, 0.3) is 0 Å². The summed E-state index contributed by atoms with van der Waals surface area (Å²) >= 11 is 5.88. The van der Waals surface area contributed by atoms with Crippen LogP contribution in [0.4, 0.5) is 24.5 Å². The second-order valence-corrected chi connectivity index (χ2v) is 11.2. The Labute approximate surface area is 243 Å². The maximum absolute atomic E-state index is 13.5. The molecule has 3 aliphatic rings. The topological polar surface area (TPSA) is 92.8 Å². The Morgan fingerprint density at radius 1 is 0.929 bits per heavy atom. The third kappa shape index (κ3) is 4.93. The molecule has 2 bridgehead atoms. The number of carbonyl (C=O) groups is 4. The molecule has 0 radical (unpaired) electrons. The first-order valence-electron chi connectivity index (χ1n) is 13.4. The van der Waals surface area contributed by atoms with Crippen LogP contribution in [0, 0.1) is 23.7 Å². The number of hydrogen-bond donors (Lipinski definition) is 1. The number of imide groups is 1. The van der Waals surface area contributed by atoms with Gasteiger partial charge in [-0.25, -0.2) is 4.79 Å². The summed E-state index contributed by atoms with van der Waals surface area (Å²) in [5.74, 6) is -2.40. The SMILES string of the molecule is O=C(COC(=O)c1ccc(N2C(=O)[C@@H]3[C@@H]4C[C@@H]([C@H]3C2=O)[C@@H](c2ccccc2)C4)cc1)Nc1cc(C(F)(F)F)ccc1Cl. The van der Waals surface area contributed by atoms with Gasteiger partial charge in [0.25, 0.3) is 5.91 Å². The van der Waals surface area contributed by atoms with Gasteiger partial charge in [0.2, 0.25) is 11.8 Å². The van der Waals surface area contributed by atoms with Gasteiger partial charge >= 0.3 is 12.1 Å². The van der Waals surface area contributed by atoms with Crippen LogP contribution in [0.2, 0.25) is 5.02 Å². The van der Waals surface area contributed by atoms with E-state index in [9.17, 15) is 32.3 Å². The average molecular weight is 597 g/mol. The molecule has 6 rings (SSSR count). The lowest BCUT2D eigenvalue weighted by molar-refractivity contribution is -0.137. The maximum Gasteiger partial charge on any atom is 0.416 e. The van der Waals surface area contributed by atoms with Gasteiger partial charge in [-0.1, -0.05) is 41.9 Å². The summed E-state index contributed by atoms with van der Waals surface area (Å²) in [5.41, 5.74) is 0.332. The number of fused-ring (bicyclic) bond motifs is 5. The van der Waals surface area contributed by atoms with E-state index in [1.54, 1.807) is 0 Å². The number of carbonyl (C=O) groups excluding carboxylic acids is 4. The molecule has 216 valence electrons. The van der Waals surface area contributed by atoms with Crippen LogP contribution in [-0.2, 0) is 25.3 Å². The summed E-state index contributed by atoms with van der Waals surface area (Å²) in [6.45, 7) is -0.773. The third-order valence-electron chi connectivity index (χ3n) is 8.51. The minimum Gasteiger partial charge on any atom is -0.452 e. The summed E-state index contributed by atoms with van der Waals surface area (Å²) in [5, 5.41) is 2.09. The second-order valence-electron chi connectivity index (χ2n) is 10.8. The Kier molecular flexibility index (Phi) is 7.04. The van der Waals surface area contributed by atoms with Gasteiger partial charge in [-0.2, -0.15) is 13.2 Å². The van der Waals surface area contributed by atoms with E-state index in [2.05, 4.69) is 17.4 Å². The number of rotatable bonds is 6. The molecule has 0 unspecified atom stereocenters. The van der Waals surface area contributed by atoms with Gasteiger partial charge in [-0.05, 0) is 78.6 Å². The van der Waals surface area contributed by atoms with Crippen LogP contribution in [0.1, 0.15) is 40.2 Å². The highest BCUT2D eigenvalue weighted by Gasteiger charge is 2.64. The molecule has 1 heterocycles. The Balaban J connectivity index is 1.09. The molecule has 3 aromatic carbocycles. The van der Waals surface area contributed by atoms with Crippen LogP contribution in [0.3, 0.4) is 0 Å². The predicted octanol–water partition coefficient (Wildman–Crippen LogP) is 6.08. The van der Waals surface area contributed by atoms with Crippen LogP contribution in [-0.4, -0.2) is 30.3 Å². The lowest BCUT2D eigenvalue weighted by Gasteiger charge is -2.28. The molecular formula is C31H24ClF3N2O5. The molecule has 0 aromatic heterocycles. The Hall–Kier alpha value is -4.18. The molecule has 3 fully saturated rings. The fourth-order valence-corrected chi connectivity index (χ4v) is 6.91. The van der Waals surface area contributed by atoms with Crippen LogP contribution in [0.15, 0.2) is 72.8 Å². The normalized spacial score (nSPS) is 24.6. The number of nitrogens with zero attached hydrogens (tertiary/aromatic N) is 1. The highest BCUT2D eigenvalue weighted by Crippen LogP contribution is 2.61. The summed E-state index contributed by atoms with van der Waals surface area (Å²) in [6, 6.07) is 18.3. The molecule has 1 saturated heterocycles. The van der Waals surface area contributed by atoms with E-state index in [0.717, 1.165) is 25.0 Å². The first-order chi connectivity index (χ1) is 20.0. The molecule has 11 heteroatoms. The maximum atomic E-state index is 13.5. The number of benzene rings is 3. The lowest BCUT2D eigenvalue weighted by atomic mass is 9.73. The standard InChI is InChI=1S/C31H24ClF3N2O5/c32-23-11-8-19(31(33,34)35)14-24(23)36-25(38)15-42-30(41)17-6-9-20(10-7-17)37-28(39)26-18-12-21(16-4-2-1-3-5-16)22(13-18)27(26)29(37)40/h1-11,14,18,21-22,26-27H,12-13,15H2,(H,36,38)/t18-,21+,22+,26+,27+/m0/s1. The number of esters is 1. The number of hydrogen-bond acceptors (Lipinski definition) is 5. The molecule has 2 saturated carbocycles. The molecule has 3 aromatic rings. The molecule has 2 aliphatic carbocycles. The molecule has 42 heavy (non-hydrogen) atoms. The molecule has 7 nitrogen and oxygen atoms in total. The van der Waals surface area contributed by atoms with Crippen molar-refractivity contribution in [2.24, 2.45) is 23.7 Å². The molecule has 0 spiro atoms. The van der Waals surface area contributed by atoms with Gasteiger partial charge in [-0.3, -0.25) is 19.3 Å². The number of nitrogens with one attached hydrogen (secondary N) is 1. The zero-order valence-corrected chi connectivity index (χ0v) is 22.7. The number of ether oxygens (including phenoxy) is 1.